The molecule has 0 spiro atoms. The van der Waals surface area contributed by atoms with Gasteiger partial charge in [-0.1, -0.05) is 25.1 Å². The van der Waals surface area contributed by atoms with Crippen molar-refractivity contribution in [2.24, 2.45) is 4.99 Å². The van der Waals surface area contributed by atoms with Gasteiger partial charge >= 0.3 is 0 Å². The Labute approximate surface area is 151 Å². The van der Waals surface area contributed by atoms with Crippen LogP contribution in [0.1, 0.15) is 26.2 Å². The highest BCUT2D eigenvalue weighted by Gasteiger charge is 2.31. The average Bonchev–Trinajstić information content (AvgIpc) is 2.94. The van der Waals surface area contributed by atoms with Crippen LogP contribution < -0.4 is 20.1 Å². The maximum Gasteiger partial charge on any atom is 0.240 e. The third-order valence-corrected chi connectivity index (χ3v) is 4.70. The van der Waals surface area contributed by atoms with Gasteiger partial charge in [-0.3, -0.25) is 14.6 Å². The third kappa shape index (κ3) is 5.38. The lowest BCUT2D eigenvalue weighted by molar-refractivity contribution is -0.122. The van der Waals surface area contributed by atoms with Crippen LogP contribution in [-0.2, 0) is 9.59 Å². The van der Waals surface area contributed by atoms with E-state index >= 15 is 0 Å². The lowest BCUT2D eigenvalue weighted by Crippen LogP contribution is -2.28. The molecule has 2 amide bonds. The molecule has 1 aliphatic rings. The number of methoxy groups -OCH3 is 2. The molecule has 7 nitrogen and oxygen atoms in total. The van der Waals surface area contributed by atoms with Crippen molar-refractivity contribution in [3.63, 3.8) is 0 Å². The van der Waals surface area contributed by atoms with Crippen molar-refractivity contribution in [3.8, 4) is 11.5 Å². The first kappa shape index (κ1) is 19.1. The topological polar surface area (TPSA) is 89.0 Å². The molecule has 1 fully saturated rings. The van der Waals surface area contributed by atoms with Crippen molar-refractivity contribution >= 4 is 34.4 Å². The molecule has 0 saturated carbocycles. The Hall–Kier alpha value is -2.22. The number of amidine groups is 1. The van der Waals surface area contributed by atoms with Crippen molar-refractivity contribution in [1.29, 1.82) is 0 Å². The van der Waals surface area contributed by atoms with Gasteiger partial charge < -0.3 is 20.1 Å². The smallest absolute Gasteiger partial charge is 0.240 e. The predicted octanol–water partition coefficient (Wildman–Crippen LogP) is 2.42. The van der Waals surface area contributed by atoms with Crippen LogP contribution in [0.25, 0.3) is 0 Å². The summed E-state index contributed by atoms with van der Waals surface area (Å²) < 4.78 is 10.4. The van der Waals surface area contributed by atoms with E-state index < -0.39 is 5.25 Å². The molecule has 0 aliphatic carbocycles. The number of nitrogens with one attached hydrogen (secondary N) is 2. The molecule has 1 heterocycles. The number of hydrogen-bond acceptors (Lipinski definition) is 6. The molecule has 1 aromatic carbocycles. The van der Waals surface area contributed by atoms with Crippen molar-refractivity contribution in [1.82, 2.24) is 5.32 Å². The minimum atomic E-state index is -0.458. The van der Waals surface area contributed by atoms with Gasteiger partial charge in [0.2, 0.25) is 11.8 Å². The summed E-state index contributed by atoms with van der Waals surface area (Å²) in [6.07, 6.45) is 2.11. The Morgan fingerprint density at radius 3 is 2.76 bits per heavy atom. The second-order valence-corrected chi connectivity index (χ2v) is 6.65. The molecule has 0 unspecified atom stereocenters. The van der Waals surface area contributed by atoms with Crippen LogP contribution in [0.2, 0.25) is 0 Å². The van der Waals surface area contributed by atoms with Crippen LogP contribution in [0.3, 0.4) is 0 Å². The maximum atomic E-state index is 12.2. The number of benzene rings is 1. The Morgan fingerprint density at radius 1 is 1.32 bits per heavy atom. The maximum absolute atomic E-state index is 12.2. The first-order chi connectivity index (χ1) is 12.1. The van der Waals surface area contributed by atoms with Crippen LogP contribution in [0, 0.1) is 0 Å². The Balaban J connectivity index is 1.92. The van der Waals surface area contributed by atoms with Crippen LogP contribution in [0.4, 0.5) is 5.69 Å². The van der Waals surface area contributed by atoms with Gasteiger partial charge in [0, 0.05) is 24.7 Å². The number of nitrogens with zero attached hydrogens (tertiary/aromatic N) is 1. The van der Waals surface area contributed by atoms with Gasteiger partial charge in [0.05, 0.1) is 14.2 Å². The lowest BCUT2D eigenvalue weighted by Gasteiger charge is -2.11. The highest BCUT2D eigenvalue weighted by atomic mass is 32.2. The number of anilines is 1. The summed E-state index contributed by atoms with van der Waals surface area (Å²) in [5.41, 5.74) is 0.586. The molecular formula is C17H23N3O4S. The highest BCUT2D eigenvalue weighted by Crippen LogP contribution is 2.30. The molecule has 25 heavy (non-hydrogen) atoms. The summed E-state index contributed by atoms with van der Waals surface area (Å²) in [5.74, 6) is 0.690. The number of ether oxygens (including phenoxy) is 2. The van der Waals surface area contributed by atoms with E-state index in [1.54, 1.807) is 25.3 Å². The minimum absolute atomic E-state index is 0.0810. The summed E-state index contributed by atoms with van der Waals surface area (Å²) in [5, 5.41) is 5.64. The van der Waals surface area contributed by atoms with Crippen molar-refractivity contribution in [2.45, 2.75) is 31.4 Å². The Kier molecular flexibility index (Phi) is 7.12. The van der Waals surface area contributed by atoms with E-state index in [2.05, 4.69) is 22.5 Å². The Morgan fingerprint density at radius 2 is 2.08 bits per heavy atom. The summed E-state index contributed by atoms with van der Waals surface area (Å²) in [6, 6.07) is 5.11. The summed E-state index contributed by atoms with van der Waals surface area (Å²) in [4.78, 5) is 28.5. The van der Waals surface area contributed by atoms with Gasteiger partial charge in [0.15, 0.2) is 16.7 Å². The SMILES string of the molecule is CCCCN=C1NC(=O)[C@@H](CC(=O)Nc2ccc(OC)c(OC)c2)S1. The molecule has 1 aromatic rings. The summed E-state index contributed by atoms with van der Waals surface area (Å²) >= 11 is 1.31. The average molecular weight is 365 g/mol. The predicted molar refractivity (Wildman–Crippen MR) is 99.5 cm³/mol. The van der Waals surface area contributed by atoms with Crippen LogP contribution in [0.5, 0.6) is 11.5 Å². The molecule has 1 aliphatic heterocycles. The zero-order chi connectivity index (χ0) is 18.2. The molecule has 1 atom stereocenters. The van der Waals surface area contributed by atoms with E-state index in [-0.39, 0.29) is 18.2 Å². The second-order valence-electron chi connectivity index (χ2n) is 5.46. The van der Waals surface area contributed by atoms with Gasteiger partial charge in [-0.05, 0) is 18.6 Å². The molecule has 1 saturated heterocycles. The molecule has 0 radical (unpaired) electrons. The van der Waals surface area contributed by atoms with E-state index in [1.165, 1.54) is 18.9 Å². The zero-order valence-corrected chi connectivity index (χ0v) is 15.4. The molecule has 0 bridgehead atoms. The number of carbonyl (C=O) groups is 2. The van der Waals surface area contributed by atoms with E-state index in [0.29, 0.717) is 28.9 Å². The number of carbonyl (C=O) groups excluding carboxylic acids is 2. The first-order valence-corrected chi connectivity index (χ1v) is 8.99. The fraction of sp³-hybridized carbons (Fsp3) is 0.471. The zero-order valence-electron chi connectivity index (χ0n) is 14.6. The summed E-state index contributed by atoms with van der Waals surface area (Å²) in [6.45, 7) is 2.77. The number of rotatable bonds is 8. The molecule has 2 N–H and O–H groups in total. The largest absolute Gasteiger partial charge is 0.493 e. The standard InChI is InChI=1S/C17H23N3O4S/c1-4-5-8-18-17-20-16(22)14(25-17)10-15(21)19-11-6-7-12(23-2)13(9-11)24-3/h6-7,9,14H,4-5,8,10H2,1-3H3,(H,19,21)(H,18,20,22)/t14-/m1/s1. The van der Waals surface area contributed by atoms with Crippen molar-refractivity contribution in [2.75, 3.05) is 26.1 Å². The van der Waals surface area contributed by atoms with Crippen LogP contribution >= 0.6 is 11.8 Å². The number of aliphatic imine (C=N–C) groups is 1. The third-order valence-electron chi connectivity index (χ3n) is 3.58. The summed E-state index contributed by atoms with van der Waals surface area (Å²) in [7, 11) is 3.08. The van der Waals surface area contributed by atoms with E-state index in [4.69, 9.17) is 9.47 Å². The van der Waals surface area contributed by atoms with Crippen LogP contribution in [0.15, 0.2) is 23.2 Å². The van der Waals surface area contributed by atoms with E-state index in [0.717, 1.165) is 12.8 Å². The number of hydrogen-bond donors (Lipinski definition) is 2. The molecule has 2 rings (SSSR count). The quantitative estimate of drug-likeness (QED) is 0.691. The number of thioether (sulfide) groups is 1. The van der Waals surface area contributed by atoms with Gasteiger partial charge in [-0.2, -0.15) is 0 Å². The van der Waals surface area contributed by atoms with Gasteiger partial charge in [0.1, 0.15) is 5.25 Å². The number of amides is 2. The fourth-order valence-electron chi connectivity index (χ4n) is 2.25. The van der Waals surface area contributed by atoms with Gasteiger partial charge in [-0.15, -0.1) is 0 Å². The van der Waals surface area contributed by atoms with Gasteiger partial charge in [-0.25, -0.2) is 0 Å². The monoisotopic (exact) mass is 365 g/mol. The highest BCUT2D eigenvalue weighted by molar-refractivity contribution is 8.15. The number of unbranched alkanes of at least 4 members (excludes halogenated alkanes) is 1. The van der Waals surface area contributed by atoms with Crippen LogP contribution in [-0.4, -0.2) is 43.0 Å². The molecule has 136 valence electrons. The first-order valence-electron chi connectivity index (χ1n) is 8.11. The lowest BCUT2D eigenvalue weighted by atomic mass is 10.2. The van der Waals surface area contributed by atoms with E-state index in [1.807, 2.05) is 0 Å². The molecule has 0 aromatic heterocycles. The molecular weight excluding hydrogens is 342 g/mol. The van der Waals surface area contributed by atoms with Crippen molar-refractivity contribution < 1.29 is 19.1 Å². The van der Waals surface area contributed by atoms with E-state index in [9.17, 15) is 9.59 Å². The fourth-order valence-corrected chi connectivity index (χ4v) is 3.24. The minimum Gasteiger partial charge on any atom is -0.493 e. The molecule has 8 heteroatoms. The second kappa shape index (κ2) is 9.31. The Bertz CT molecular complexity index is 663. The van der Waals surface area contributed by atoms with Crippen molar-refractivity contribution in [3.05, 3.63) is 18.2 Å². The normalized spacial score (nSPS) is 18.1. The van der Waals surface area contributed by atoms with Gasteiger partial charge in [0.25, 0.3) is 0 Å².